The summed E-state index contributed by atoms with van der Waals surface area (Å²) >= 11 is 0. The second-order valence-electron chi connectivity index (χ2n) is 8.11. The van der Waals surface area contributed by atoms with E-state index in [1.807, 2.05) is 39.0 Å². The van der Waals surface area contributed by atoms with Crippen LogP contribution in [0, 0.1) is 0 Å². The third-order valence-electron chi connectivity index (χ3n) is 5.05. The minimum atomic E-state index is -0.130. The van der Waals surface area contributed by atoms with E-state index in [1.54, 1.807) is 20.3 Å². The van der Waals surface area contributed by atoms with E-state index >= 15 is 0 Å². The average molecular weight is 387 g/mol. The molecule has 7 heteroatoms. The number of nitrogens with zero attached hydrogens (tertiary/aromatic N) is 2. The van der Waals surface area contributed by atoms with E-state index in [0.29, 0.717) is 5.88 Å². The van der Waals surface area contributed by atoms with Crippen LogP contribution in [0.5, 0.6) is 11.5 Å². The Morgan fingerprint density at radius 2 is 2.07 bits per heavy atom. The van der Waals surface area contributed by atoms with Crippen LogP contribution in [-0.4, -0.2) is 43.3 Å². The Kier molecular flexibility index (Phi) is 5.93. The van der Waals surface area contributed by atoms with Gasteiger partial charge in [-0.3, -0.25) is 15.0 Å². The van der Waals surface area contributed by atoms with Crippen LogP contribution in [0.3, 0.4) is 0 Å². The SMILES string of the molecule is COc1ccc(OC)c([C@@H]2CCCN2CC(=O)Nc2cc(C(C)(C)C)no2)c1. The fourth-order valence-corrected chi connectivity index (χ4v) is 3.52. The van der Waals surface area contributed by atoms with E-state index < -0.39 is 0 Å². The fourth-order valence-electron chi connectivity index (χ4n) is 3.52. The molecule has 3 rings (SSSR count). The Labute approximate surface area is 166 Å². The Hall–Kier alpha value is -2.54. The highest BCUT2D eigenvalue weighted by molar-refractivity contribution is 5.91. The van der Waals surface area contributed by atoms with E-state index in [9.17, 15) is 4.79 Å². The van der Waals surface area contributed by atoms with Gasteiger partial charge in [-0.1, -0.05) is 25.9 Å². The van der Waals surface area contributed by atoms with E-state index in [1.165, 1.54) is 0 Å². The maximum atomic E-state index is 12.6. The molecular weight excluding hydrogens is 358 g/mol. The van der Waals surface area contributed by atoms with Gasteiger partial charge in [-0.05, 0) is 37.6 Å². The first-order valence-corrected chi connectivity index (χ1v) is 9.55. The highest BCUT2D eigenvalue weighted by Gasteiger charge is 2.30. The summed E-state index contributed by atoms with van der Waals surface area (Å²) in [5.74, 6) is 1.85. The van der Waals surface area contributed by atoms with Crippen LogP contribution in [0.25, 0.3) is 0 Å². The number of benzene rings is 1. The van der Waals surface area contributed by atoms with Gasteiger partial charge in [-0.25, -0.2) is 0 Å². The molecule has 1 aliphatic heterocycles. The normalized spacial score (nSPS) is 17.5. The minimum absolute atomic E-state index is 0.107. The van der Waals surface area contributed by atoms with Crippen molar-refractivity contribution in [3.63, 3.8) is 0 Å². The molecule has 1 amide bonds. The minimum Gasteiger partial charge on any atom is -0.497 e. The standard InChI is InChI=1S/C21H29N3O4/c1-21(2,3)18-12-20(28-23-18)22-19(25)13-24-10-6-7-16(24)15-11-14(26-4)8-9-17(15)27-5/h8-9,11-12,16H,6-7,10,13H2,1-5H3,(H,22,25)/t16-/m0/s1. The van der Waals surface area contributed by atoms with Crippen molar-refractivity contribution in [3.8, 4) is 11.5 Å². The Bertz CT molecular complexity index is 825. The zero-order valence-electron chi connectivity index (χ0n) is 17.2. The summed E-state index contributed by atoms with van der Waals surface area (Å²) in [4.78, 5) is 14.7. The first-order valence-electron chi connectivity index (χ1n) is 9.55. The third-order valence-corrected chi connectivity index (χ3v) is 5.05. The lowest BCUT2D eigenvalue weighted by molar-refractivity contribution is -0.117. The topological polar surface area (TPSA) is 76.8 Å². The maximum Gasteiger partial charge on any atom is 0.240 e. The Morgan fingerprint density at radius 1 is 1.29 bits per heavy atom. The number of hydrogen-bond acceptors (Lipinski definition) is 6. The Morgan fingerprint density at radius 3 is 2.71 bits per heavy atom. The molecule has 1 atom stereocenters. The molecule has 0 spiro atoms. The number of likely N-dealkylation sites (tertiary alicyclic amines) is 1. The molecule has 1 aliphatic rings. The van der Waals surface area contributed by atoms with Crippen molar-refractivity contribution in [1.29, 1.82) is 0 Å². The molecule has 0 aliphatic carbocycles. The molecule has 152 valence electrons. The van der Waals surface area contributed by atoms with E-state index in [0.717, 1.165) is 42.1 Å². The molecule has 0 saturated carbocycles. The van der Waals surface area contributed by atoms with Crippen molar-refractivity contribution in [2.75, 3.05) is 32.6 Å². The van der Waals surface area contributed by atoms with Gasteiger partial charge in [0.05, 0.1) is 26.5 Å². The van der Waals surface area contributed by atoms with Gasteiger partial charge < -0.3 is 14.0 Å². The molecule has 2 aromatic rings. The van der Waals surface area contributed by atoms with Crippen molar-refractivity contribution in [2.24, 2.45) is 0 Å². The first kappa shape index (κ1) is 20.2. The second kappa shape index (κ2) is 8.22. The quantitative estimate of drug-likeness (QED) is 0.813. The van der Waals surface area contributed by atoms with Gasteiger partial charge in [0.1, 0.15) is 11.5 Å². The van der Waals surface area contributed by atoms with E-state index in [2.05, 4.69) is 15.4 Å². The predicted octanol–water partition coefficient (Wildman–Crippen LogP) is 3.76. The third kappa shape index (κ3) is 4.47. The summed E-state index contributed by atoms with van der Waals surface area (Å²) < 4.78 is 16.2. The highest BCUT2D eigenvalue weighted by Crippen LogP contribution is 2.38. The van der Waals surface area contributed by atoms with Crippen molar-refractivity contribution >= 4 is 11.8 Å². The van der Waals surface area contributed by atoms with Gasteiger partial charge in [0.15, 0.2) is 0 Å². The van der Waals surface area contributed by atoms with Crippen LogP contribution >= 0.6 is 0 Å². The number of ether oxygens (including phenoxy) is 2. The van der Waals surface area contributed by atoms with Crippen molar-refractivity contribution < 1.29 is 18.8 Å². The van der Waals surface area contributed by atoms with Gasteiger partial charge in [0, 0.05) is 23.1 Å². The van der Waals surface area contributed by atoms with Crippen molar-refractivity contribution in [1.82, 2.24) is 10.1 Å². The monoisotopic (exact) mass is 387 g/mol. The largest absolute Gasteiger partial charge is 0.497 e. The first-order chi connectivity index (χ1) is 13.3. The molecule has 1 fully saturated rings. The molecule has 1 saturated heterocycles. The van der Waals surface area contributed by atoms with E-state index in [-0.39, 0.29) is 23.9 Å². The fraction of sp³-hybridized carbons (Fsp3) is 0.524. The maximum absolute atomic E-state index is 12.6. The predicted molar refractivity (Wildman–Crippen MR) is 107 cm³/mol. The summed E-state index contributed by atoms with van der Waals surface area (Å²) in [6.07, 6.45) is 1.99. The van der Waals surface area contributed by atoms with Crippen LogP contribution in [-0.2, 0) is 10.2 Å². The summed E-state index contributed by atoms with van der Waals surface area (Å²) in [5, 5.41) is 6.86. The lowest BCUT2D eigenvalue weighted by Crippen LogP contribution is -2.33. The molecular formula is C21H29N3O4. The molecule has 0 bridgehead atoms. The molecule has 0 unspecified atom stereocenters. The van der Waals surface area contributed by atoms with Gasteiger partial charge in [-0.15, -0.1) is 0 Å². The molecule has 0 radical (unpaired) electrons. The van der Waals surface area contributed by atoms with Crippen LogP contribution < -0.4 is 14.8 Å². The zero-order chi connectivity index (χ0) is 20.3. The van der Waals surface area contributed by atoms with Gasteiger partial charge >= 0.3 is 0 Å². The summed E-state index contributed by atoms with van der Waals surface area (Å²) in [7, 11) is 3.31. The summed E-state index contributed by atoms with van der Waals surface area (Å²) in [6, 6.07) is 7.67. The van der Waals surface area contributed by atoms with Crippen molar-refractivity contribution in [3.05, 3.63) is 35.5 Å². The van der Waals surface area contributed by atoms with Crippen molar-refractivity contribution in [2.45, 2.75) is 45.1 Å². The number of carbonyl (C=O) groups excluding carboxylic acids is 1. The average Bonchev–Trinajstić information content (AvgIpc) is 3.30. The lowest BCUT2D eigenvalue weighted by atomic mass is 9.92. The molecule has 28 heavy (non-hydrogen) atoms. The van der Waals surface area contributed by atoms with Crippen LogP contribution in [0.1, 0.15) is 50.9 Å². The number of aromatic nitrogens is 1. The molecule has 7 nitrogen and oxygen atoms in total. The van der Waals surface area contributed by atoms with Gasteiger partial charge in [0.2, 0.25) is 11.8 Å². The van der Waals surface area contributed by atoms with E-state index in [4.69, 9.17) is 14.0 Å². The van der Waals surface area contributed by atoms with Crippen LogP contribution in [0.15, 0.2) is 28.8 Å². The lowest BCUT2D eigenvalue weighted by Gasteiger charge is -2.25. The molecule has 1 N–H and O–H groups in total. The second-order valence-corrected chi connectivity index (χ2v) is 8.11. The zero-order valence-corrected chi connectivity index (χ0v) is 17.2. The number of anilines is 1. The van der Waals surface area contributed by atoms with Gasteiger partial charge in [0.25, 0.3) is 0 Å². The van der Waals surface area contributed by atoms with Crippen LogP contribution in [0.4, 0.5) is 5.88 Å². The number of amides is 1. The number of rotatable bonds is 6. The van der Waals surface area contributed by atoms with Gasteiger partial charge in [-0.2, -0.15) is 0 Å². The Balaban J connectivity index is 1.70. The number of nitrogens with one attached hydrogen (secondary N) is 1. The number of hydrogen-bond donors (Lipinski definition) is 1. The summed E-state index contributed by atoms with van der Waals surface area (Å²) in [5.41, 5.74) is 1.72. The molecule has 1 aromatic heterocycles. The summed E-state index contributed by atoms with van der Waals surface area (Å²) in [6.45, 7) is 7.27. The number of carbonyl (C=O) groups is 1. The smallest absolute Gasteiger partial charge is 0.240 e. The highest BCUT2D eigenvalue weighted by atomic mass is 16.5. The molecule has 1 aromatic carbocycles. The molecule has 2 heterocycles. The van der Waals surface area contributed by atoms with Crippen LogP contribution in [0.2, 0.25) is 0 Å². The number of methoxy groups -OCH3 is 2.